The molecule has 0 aliphatic rings. The van der Waals surface area contributed by atoms with Crippen LogP contribution in [0.1, 0.15) is 94.0 Å². The molecule has 0 saturated heterocycles. The molecule has 36 heavy (non-hydrogen) atoms. The number of benzene rings is 2. The van der Waals surface area contributed by atoms with Crippen molar-refractivity contribution < 1.29 is 23.8 Å². The lowest BCUT2D eigenvalue weighted by Crippen LogP contribution is -2.16. The van der Waals surface area contributed by atoms with Gasteiger partial charge in [0.25, 0.3) is 0 Å². The third-order valence-electron chi connectivity index (χ3n) is 5.71. The molecule has 0 unspecified atom stereocenters. The van der Waals surface area contributed by atoms with Crippen molar-refractivity contribution in [2.75, 3.05) is 13.7 Å². The largest absolute Gasteiger partial charge is 0.497 e. The van der Waals surface area contributed by atoms with E-state index in [2.05, 4.69) is 17.5 Å². The van der Waals surface area contributed by atoms with Crippen LogP contribution < -0.4 is 19.6 Å². The normalized spacial score (nSPS) is 10.9. The van der Waals surface area contributed by atoms with E-state index >= 15 is 0 Å². The van der Waals surface area contributed by atoms with Gasteiger partial charge < -0.3 is 14.2 Å². The third kappa shape index (κ3) is 10.9. The predicted octanol–water partition coefficient (Wildman–Crippen LogP) is 6.68. The number of esters is 1. The van der Waals surface area contributed by atoms with Gasteiger partial charge in [-0.05, 0) is 61.4 Å². The van der Waals surface area contributed by atoms with Crippen LogP contribution in [0.5, 0.6) is 17.2 Å². The highest BCUT2D eigenvalue weighted by Crippen LogP contribution is 2.29. The van der Waals surface area contributed by atoms with Crippen molar-refractivity contribution in [3.8, 4) is 17.2 Å². The van der Waals surface area contributed by atoms with Crippen LogP contribution in [0.4, 0.5) is 0 Å². The van der Waals surface area contributed by atoms with Crippen molar-refractivity contribution in [1.29, 1.82) is 0 Å². The molecule has 0 aliphatic heterocycles. The van der Waals surface area contributed by atoms with E-state index in [-0.39, 0.29) is 5.91 Å². The summed E-state index contributed by atoms with van der Waals surface area (Å²) in [6, 6.07) is 11.8. The van der Waals surface area contributed by atoms with Gasteiger partial charge >= 0.3 is 5.97 Å². The summed E-state index contributed by atoms with van der Waals surface area (Å²) in [5.41, 5.74) is 3.70. The van der Waals surface area contributed by atoms with Crippen molar-refractivity contribution >= 4 is 18.1 Å². The molecule has 2 aromatic carbocycles. The molecule has 2 rings (SSSR count). The number of nitrogens with one attached hydrogen (secondary N) is 1. The predicted molar refractivity (Wildman–Crippen MR) is 143 cm³/mol. The van der Waals surface area contributed by atoms with Crippen LogP contribution in [0.2, 0.25) is 0 Å². The number of hydrogen-bond donors (Lipinski definition) is 1. The van der Waals surface area contributed by atoms with Crippen molar-refractivity contribution in [3.63, 3.8) is 0 Å². The number of carbonyl (C=O) groups is 2. The van der Waals surface area contributed by atoms with E-state index in [1.807, 2.05) is 6.92 Å². The fourth-order valence-electron chi connectivity index (χ4n) is 3.67. The zero-order valence-electron chi connectivity index (χ0n) is 21.9. The van der Waals surface area contributed by atoms with Gasteiger partial charge in [-0.15, -0.1) is 0 Å². The van der Waals surface area contributed by atoms with Crippen LogP contribution in [0.25, 0.3) is 0 Å². The highest BCUT2D eigenvalue weighted by Gasteiger charge is 2.13. The second kappa shape index (κ2) is 17.1. The second-order valence-corrected chi connectivity index (χ2v) is 8.63. The number of hydrogen-bond acceptors (Lipinski definition) is 6. The maximum Gasteiger partial charge on any atom is 0.343 e. The van der Waals surface area contributed by atoms with E-state index in [1.54, 1.807) is 55.8 Å². The Kier molecular flexibility index (Phi) is 13.8. The second-order valence-electron chi connectivity index (χ2n) is 8.63. The Hall–Kier alpha value is -3.35. The third-order valence-corrected chi connectivity index (χ3v) is 5.71. The minimum Gasteiger partial charge on any atom is -0.497 e. The number of carbonyl (C=O) groups excluding carboxylic acids is 2. The number of ether oxygens (including phenoxy) is 3. The van der Waals surface area contributed by atoms with Gasteiger partial charge in [0, 0.05) is 6.42 Å². The van der Waals surface area contributed by atoms with Crippen LogP contribution >= 0.6 is 0 Å². The lowest BCUT2D eigenvalue weighted by molar-refractivity contribution is -0.121. The summed E-state index contributed by atoms with van der Waals surface area (Å²) in [4.78, 5) is 24.6. The van der Waals surface area contributed by atoms with Gasteiger partial charge in [-0.1, -0.05) is 58.3 Å². The molecule has 0 heterocycles. The fourth-order valence-corrected chi connectivity index (χ4v) is 3.67. The number of methoxy groups -OCH3 is 1. The summed E-state index contributed by atoms with van der Waals surface area (Å²) in [6.07, 6.45) is 12.9. The lowest BCUT2D eigenvalue weighted by Gasteiger charge is -2.11. The smallest absolute Gasteiger partial charge is 0.343 e. The maximum absolute atomic E-state index is 12.5. The molecule has 0 spiro atoms. The van der Waals surface area contributed by atoms with Crippen molar-refractivity contribution in [1.82, 2.24) is 5.43 Å². The molecular weight excluding hydrogens is 456 g/mol. The Morgan fingerprint density at radius 3 is 2.17 bits per heavy atom. The van der Waals surface area contributed by atoms with Gasteiger partial charge in [0.15, 0.2) is 11.5 Å². The number of hydrazone groups is 1. The minimum absolute atomic E-state index is 0.0933. The number of nitrogens with zero attached hydrogens (tertiary/aromatic N) is 1. The van der Waals surface area contributed by atoms with Gasteiger partial charge in [-0.25, -0.2) is 10.2 Å². The molecule has 7 heteroatoms. The van der Waals surface area contributed by atoms with Crippen molar-refractivity contribution in [3.05, 3.63) is 53.6 Å². The zero-order valence-corrected chi connectivity index (χ0v) is 21.9. The number of unbranched alkanes of at least 4 members (excludes halogenated alkanes) is 8. The van der Waals surface area contributed by atoms with Crippen LogP contribution in [0.15, 0.2) is 47.6 Å². The topological polar surface area (TPSA) is 86.2 Å². The molecule has 0 aromatic heterocycles. The lowest BCUT2D eigenvalue weighted by atomic mass is 10.1. The Bertz CT molecular complexity index is 957. The molecule has 0 atom stereocenters. The van der Waals surface area contributed by atoms with Gasteiger partial charge in [-0.3, -0.25) is 4.79 Å². The van der Waals surface area contributed by atoms with E-state index in [1.165, 1.54) is 44.9 Å². The molecular formula is C29H40N2O5. The van der Waals surface area contributed by atoms with Crippen LogP contribution in [0, 0.1) is 0 Å². The standard InChI is InChI=1S/C29H40N2O5/c1-4-6-7-8-9-10-11-12-13-14-28(32)31-30-22-23-15-20-26(27(21-23)35-5-2)36-29(33)24-16-18-25(34-3)19-17-24/h15-22H,4-14H2,1-3H3,(H,31,32). The summed E-state index contributed by atoms with van der Waals surface area (Å²) in [5.74, 6) is 0.798. The van der Waals surface area contributed by atoms with Crippen LogP contribution in [0.3, 0.4) is 0 Å². The SMILES string of the molecule is CCCCCCCCCCCC(=O)NN=Cc1ccc(OC(=O)c2ccc(OC)cc2)c(OCC)c1. The molecule has 196 valence electrons. The fraction of sp³-hybridized carbons (Fsp3) is 0.483. The number of rotatable bonds is 17. The first-order chi connectivity index (χ1) is 17.6. The van der Waals surface area contributed by atoms with E-state index < -0.39 is 5.97 Å². The minimum atomic E-state index is -0.497. The van der Waals surface area contributed by atoms with Gasteiger partial charge in [0.1, 0.15) is 5.75 Å². The maximum atomic E-state index is 12.5. The Morgan fingerprint density at radius 1 is 0.861 bits per heavy atom. The highest BCUT2D eigenvalue weighted by molar-refractivity contribution is 5.91. The quantitative estimate of drug-likeness (QED) is 0.0867. The first-order valence-electron chi connectivity index (χ1n) is 13.0. The molecule has 0 saturated carbocycles. The molecule has 0 aliphatic carbocycles. The summed E-state index contributed by atoms with van der Waals surface area (Å²) in [7, 11) is 1.57. The van der Waals surface area contributed by atoms with Crippen LogP contribution in [-0.2, 0) is 4.79 Å². The molecule has 0 bridgehead atoms. The van der Waals surface area contributed by atoms with E-state index in [9.17, 15) is 9.59 Å². The van der Waals surface area contributed by atoms with E-state index in [4.69, 9.17) is 14.2 Å². The summed E-state index contributed by atoms with van der Waals surface area (Å²) in [6.45, 7) is 4.49. The first kappa shape index (κ1) is 28.9. The molecule has 1 N–H and O–H groups in total. The molecule has 7 nitrogen and oxygen atoms in total. The van der Waals surface area contributed by atoms with Crippen molar-refractivity contribution in [2.24, 2.45) is 5.10 Å². The van der Waals surface area contributed by atoms with Crippen molar-refractivity contribution in [2.45, 2.75) is 78.1 Å². The average molecular weight is 497 g/mol. The monoisotopic (exact) mass is 496 g/mol. The zero-order chi connectivity index (χ0) is 26.0. The van der Waals surface area contributed by atoms with E-state index in [0.717, 1.165) is 12.8 Å². The summed E-state index contributed by atoms with van der Waals surface area (Å²) >= 11 is 0. The Labute approximate surface area is 215 Å². The average Bonchev–Trinajstić information content (AvgIpc) is 2.89. The number of amides is 1. The molecule has 0 radical (unpaired) electrons. The van der Waals surface area contributed by atoms with Crippen LogP contribution in [-0.4, -0.2) is 31.8 Å². The van der Waals surface area contributed by atoms with Gasteiger partial charge in [0.2, 0.25) is 5.91 Å². The molecule has 0 fully saturated rings. The summed E-state index contributed by atoms with van der Waals surface area (Å²) in [5, 5.41) is 4.05. The van der Waals surface area contributed by atoms with Gasteiger partial charge in [0.05, 0.1) is 25.5 Å². The van der Waals surface area contributed by atoms with E-state index in [0.29, 0.717) is 41.4 Å². The highest BCUT2D eigenvalue weighted by atomic mass is 16.6. The Balaban J connectivity index is 1.79. The summed E-state index contributed by atoms with van der Waals surface area (Å²) < 4.78 is 16.3. The Morgan fingerprint density at radius 2 is 1.53 bits per heavy atom. The molecule has 1 amide bonds. The first-order valence-corrected chi connectivity index (χ1v) is 13.0. The molecule has 2 aromatic rings. The van der Waals surface area contributed by atoms with Gasteiger partial charge in [-0.2, -0.15) is 5.10 Å².